The van der Waals surface area contributed by atoms with Gasteiger partial charge in [0.2, 0.25) is 10.0 Å². The summed E-state index contributed by atoms with van der Waals surface area (Å²) in [4.78, 5) is 19.3. The van der Waals surface area contributed by atoms with E-state index in [0.717, 1.165) is 25.7 Å². The van der Waals surface area contributed by atoms with Crippen molar-refractivity contribution in [3.8, 4) is 11.5 Å². The molecule has 8 heteroatoms. The van der Waals surface area contributed by atoms with Gasteiger partial charge >= 0.3 is 0 Å². The Bertz CT molecular complexity index is 1040. The molecule has 1 saturated heterocycles. The standard InChI is InChI=1S/C21H25N3O4S/c1-3-12-23-20-19(8-6-11-22-20)28-18-10-9-16(14-17(18)21(23)25)29(26,27)24-13-5-4-7-15(24)2/h6,8-11,14-15H,3-5,7,12-13H2,1-2H3/t15-/m1/s1. The average molecular weight is 416 g/mol. The van der Waals surface area contributed by atoms with Crippen molar-refractivity contribution in [1.82, 2.24) is 9.29 Å². The zero-order chi connectivity index (χ0) is 20.6. The summed E-state index contributed by atoms with van der Waals surface area (Å²) in [6, 6.07) is 7.99. The molecule has 1 fully saturated rings. The summed E-state index contributed by atoms with van der Waals surface area (Å²) >= 11 is 0. The first-order chi connectivity index (χ1) is 13.9. The maximum absolute atomic E-state index is 13.3. The third-order valence-electron chi connectivity index (χ3n) is 5.45. The predicted octanol–water partition coefficient (Wildman–Crippen LogP) is 3.81. The zero-order valence-corrected chi connectivity index (χ0v) is 17.5. The maximum atomic E-state index is 13.3. The van der Waals surface area contributed by atoms with Gasteiger partial charge in [0.05, 0.1) is 10.5 Å². The number of pyridine rings is 1. The Hall–Kier alpha value is -2.45. The van der Waals surface area contributed by atoms with Crippen LogP contribution in [0.1, 0.15) is 49.9 Å². The molecule has 2 aliphatic heterocycles. The highest BCUT2D eigenvalue weighted by Crippen LogP contribution is 2.38. The lowest BCUT2D eigenvalue weighted by molar-refractivity contribution is 0.0986. The molecule has 1 amide bonds. The second-order valence-electron chi connectivity index (χ2n) is 7.50. The molecule has 0 spiro atoms. The molecule has 1 atom stereocenters. The summed E-state index contributed by atoms with van der Waals surface area (Å²) in [5, 5.41) is 0. The molecule has 154 valence electrons. The molecular formula is C21H25N3O4S. The first-order valence-corrected chi connectivity index (χ1v) is 11.5. The van der Waals surface area contributed by atoms with E-state index in [9.17, 15) is 13.2 Å². The summed E-state index contributed by atoms with van der Waals surface area (Å²) in [5.41, 5.74) is 0.238. The van der Waals surface area contributed by atoms with Crippen LogP contribution in [0.5, 0.6) is 11.5 Å². The highest BCUT2D eigenvalue weighted by molar-refractivity contribution is 7.89. The molecule has 7 nitrogen and oxygen atoms in total. The first kappa shape index (κ1) is 19.8. The van der Waals surface area contributed by atoms with Crippen molar-refractivity contribution in [2.75, 3.05) is 18.0 Å². The van der Waals surface area contributed by atoms with E-state index in [1.54, 1.807) is 33.6 Å². The van der Waals surface area contributed by atoms with Gasteiger partial charge in [0.15, 0.2) is 11.6 Å². The van der Waals surface area contributed by atoms with Crippen LogP contribution < -0.4 is 9.64 Å². The van der Waals surface area contributed by atoms with Gasteiger partial charge < -0.3 is 4.74 Å². The molecule has 2 aromatic rings. The van der Waals surface area contributed by atoms with E-state index in [0.29, 0.717) is 30.4 Å². The Balaban J connectivity index is 1.78. The third kappa shape index (κ3) is 3.51. The lowest BCUT2D eigenvalue weighted by Crippen LogP contribution is -2.42. The van der Waals surface area contributed by atoms with Crippen LogP contribution in [0.25, 0.3) is 0 Å². The summed E-state index contributed by atoms with van der Waals surface area (Å²) in [5.74, 6) is 0.967. The van der Waals surface area contributed by atoms with Gasteiger partial charge in [-0.25, -0.2) is 13.4 Å². The summed E-state index contributed by atoms with van der Waals surface area (Å²) in [7, 11) is -3.69. The second-order valence-corrected chi connectivity index (χ2v) is 9.39. The van der Waals surface area contributed by atoms with Gasteiger partial charge in [-0.2, -0.15) is 4.31 Å². The highest BCUT2D eigenvalue weighted by Gasteiger charge is 2.34. The molecular weight excluding hydrogens is 390 g/mol. The Morgan fingerprint density at radius 1 is 1.21 bits per heavy atom. The number of rotatable bonds is 4. The normalized spacial score (nSPS) is 19.9. The Labute approximate surface area is 171 Å². The number of sulfonamides is 1. The van der Waals surface area contributed by atoms with E-state index < -0.39 is 10.0 Å². The van der Waals surface area contributed by atoms with E-state index in [1.807, 2.05) is 13.8 Å². The molecule has 1 aromatic carbocycles. The molecule has 0 N–H and O–H groups in total. The quantitative estimate of drug-likeness (QED) is 0.759. The van der Waals surface area contributed by atoms with Crippen molar-refractivity contribution in [3.63, 3.8) is 0 Å². The fourth-order valence-corrected chi connectivity index (χ4v) is 5.67. The van der Waals surface area contributed by atoms with Crippen LogP contribution in [0.4, 0.5) is 5.82 Å². The van der Waals surface area contributed by atoms with E-state index in [2.05, 4.69) is 4.98 Å². The fourth-order valence-electron chi connectivity index (χ4n) is 3.95. The van der Waals surface area contributed by atoms with Crippen molar-refractivity contribution < 1.29 is 17.9 Å². The van der Waals surface area contributed by atoms with Gasteiger partial charge in [-0.05, 0) is 56.5 Å². The van der Waals surface area contributed by atoms with Crippen LogP contribution in [-0.2, 0) is 10.0 Å². The van der Waals surface area contributed by atoms with Crippen LogP contribution in [-0.4, -0.2) is 42.7 Å². The molecule has 3 heterocycles. The second kappa shape index (κ2) is 7.76. The molecule has 0 saturated carbocycles. The number of amides is 1. The summed E-state index contributed by atoms with van der Waals surface area (Å²) in [6.45, 7) is 4.87. The maximum Gasteiger partial charge on any atom is 0.263 e. The minimum Gasteiger partial charge on any atom is -0.453 e. The van der Waals surface area contributed by atoms with Crippen LogP contribution in [0.3, 0.4) is 0 Å². The van der Waals surface area contributed by atoms with Gasteiger partial charge in [0, 0.05) is 25.3 Å². The van der Waals surface area contributed by atoms with E-state index in [-0.39, 0.29) is 22.4 Å². The minimum atomic E-state index is -3.69. The molecule has 1 aromatic heterocycles. The van der Waals surface area contributed by atoms with Crippen LogP contribution >= 0.6 is 0 Å². The molecule has 29 heavy (non-hydrogen) atoms. The van der Waals surface area contributed by atoms with Crippen molar-refractivity contribution in [1.29, 1.82) is 0 Å². The van der Waals surface area contributed by atoms with Crippen LogP contribution in [0.2, 0.25) is 0 Å². The minimum absolute atomic E-state index is 0.0513. The molecule has 0 radical (unpaired) electrons. The number of hydrogen-bond acceptors (Lipinski definition) is 5. The number of piperidine rings is 1. The Morgan fingerprint density at radius 2 is 2.03 bits per heavy atom. The number of carbonyl (C=O) groups is 1. The largest absolute Gasteiger partial charge is 0.453 e. The number of aromatic nitrogens is 1. The number of carbonyl (C=O) groups excluding carboxylic acids is 1. The summed E-state index contributed by atoms with van der Waals surface area (Å²) in [6.07, 6.45) is 5.07. The van der Waals surface area contributed by atoms with Gasteiger partial charge in [0.25, 0.3) is 5.91 Å². The zero-order valence-electron chi connectivity index (χ0n) is 16.7. The first-order valence-electron chi connectivity index (χ1n) is 10.0. The van der Waals surface area contributed by atoms with E-state index >= 15 is 0 Å². The molecule has 0 bridgehead atoms. The SMILES string of the molecule is CCCN1C(=O)c2cc(S(=O)(=O)N3CCCC[C@H]3C)ccc2Oc2cccnc21. The van der Waals surface area contributed by atoms with Crippen molar-refractivity contribution in [2.45, 2.75) is 50.5 Å². The molecule has 0 unspecified atom stereocenters. The van der Waals surface area contributed by atoms with Gasteiger partial charge in [-0.15, -0.1) is 0 Å². The number of fused-ring (bicyclic) bond motifs is 2. The number of benzene rings is 1. The van der Waals surface area contributed by atoms with E-state index in [4.69, 9.17) is 4.74 Å². The Morgan fingerprint density at radius 3 is 2.79 bits per heavy atom. The van der Waals surface area contributed by atoms with Gasteiger partial charge in [-0.1, -0.05) is 13.3 Å². The monoisotopic (exact) mass is 415 g/mol. The topological polar surface area (TPSA) is 79.8 Å². The smallest absolute Gasteiger partial charge is 0.263 e. The van der Waals surface area contributed by atoms with Gasteiger partial charge in [-0.3, -0.25) is 9.69 Å². The number of nitrogens with zero attached hydrogens (tertiary/aromatic N) is 3. The fraction of sp³-hybridized carbons (Fsp3) is 0.429. The number of hydrogen-bond donors (Lipinski definition) is 0. The van der Waals surface area contributed by atoms with E-state index in [1.165, 1.54) is 12.1 Å². The van der Waals surface area contributed by atoms with Crippen molar-refractivity contribution in [3.05, 3.63) is 42.1 Å². The van der Waals surface area contributed by atoms with Crippen LogP contribution in [0, 0.1) is 0 Å². The molecule has 0 aliphatic carbocycles. The highest BCUT2D eigenvalue weighted by atomic mass is 32.2. The lowest BCUT2D eigenvalue weighted by atomic mass is 10.1. The number of ether oxygens (including phenoxy) is 1. The van der Waals surface area contributed by atoms with Gasteiger partial charge in [0.1, 0.15) is 5.75 Å². The third-order valence-corrected chi connectivity index (χ3v) is 7.46. The average Bonchev–Trinajstić information content (AvgIpc) is 2.83. The van der Waals surface area contributed by atoms with Crippen molar-refractivity contribution >= 4 is 21.7 Å². The Kier molecular flexibility index (Phi) is 5.31. The van der Waals surface area contributed by atoms with Crippen LogP contribution in [0.15, 0.2) is 41.4 Å². The summed E-state index contributed by atoms with van der Waals surface area (Å²) < 4.78 is 34.0. The molecule has 4 rings (SSSR count). The number of anilines is 1. The molecule has 2 aliphatic rings. The lowest BCUT2D eigenvalue weighted by Gasteiger charge is -2.32. The van der Waals surface area contributed by atoms with Crippen molar-refractivity contribution in [2.24, 2.45) is 0 Å². The predicted molar refractivity (Wildman–Crippen MR) is 110 cm³/mol.